The van der Waals surface area contributed by atoms with Crippen LogP contribution in [0.5, 0.6) is 0 Å². The quantitative estimate of drug-likeness (QED) is 0.206. The van der Waals surface area contributed by atoms with E-state index in [0.29, 0.717) is 5.92 Å². The Bertz CT molecular complexity index is 1400. The van der Waals surface area contributed by atoms with Crippen LogP contribution in [0.15, 0.2) is 97.1 Å². The summed E-state index contributed by atoms with van der Waals surface area (Å²) in [5, 5.41) is 1.49. The van der Waals surface area contributed by atoms with E-state index in [1.807, 2.05) is 24.3 Å². The van der Waals surface area contributed by atoms with E-state index < -0.39 is 0 Å². The lowest BCUT2D eigenvalue weighted by Crippen LogP contribution is -2.07. The average molecular weight is 497 g/mol. The molecule has 0 saturated heterocycles. The molecule has 174 valence electrons. The summed E-state index contributed by atoms with van der Waals surface area (Å²) in [5.74, 6) is 1.91. The molecule has 0 atom stereocenters. The second-order valence-electron chi connectivity index (χ2n) is 9.42. The molecule has 0 aliphatic heterocycles. The smallest absolute Gasteiger partial charge is 0.113 e. The molecule has 4 heteroatoms. The highest BCUT2D eigenvalue weighted by Crippen LogP contribution is 2.42. The predicted molar refractivity (Wildman–Crippen MR) is 146 cm³/mol. The van der Waals surface area contributed by atoms with Crippen LogP contribution in [0.25, 0.3) is 11.0 Å². The SMILES string of the molecule is Clc1ccc(C(c2ccc(Cl)cc2)c2ccc3nc(C4CC4)n(CCc4ccccc4)c3c2)cc1. The Labute approximate surface area is 216 Å². The molecule has 0 radical (unpaired) electrons. The van der Waals surface area contributed by atoms with Crippen LogP contribution in [-0.4, -0.2) is 9.55 Å². The maximum atomic E-state index is 6.22. The van der Waals surface area contributed by atoms with Gasteiger partial charge < -0.3 is 4.57 Å². The zero-order valence-corrected chi connectivity index (χ0v) is 20.9. The van der Waals surface area contributed by atoms with E-state index in [0.717, 1.165) is 28.5 Å². The Morgan fingerprint density at radius 3 is 1.94 bits per heavy atom. The second-order valence-corrected chi connectivity index (χ2v) is 10.3. The zero-order valence-electron chi connectivity index (χ0n) is 19.4. The van der Waals surface area contributed by atoms with Crippen molar-refractivity contribution in [1.82, 2.24) is 9.55 Å². The average Bonchev–Trinajstić information content (AvgIpc) is 3.67. The van der Waals surface area contributed by atoms with Gasteiger partial charge in [-0.3, -0.25) is 0 Å². The molecule has 1 heterocycles. The summed E-state index contributed by atoms with van der Waals surface area (Å²) in [7, 11) is 0. The molecule has 2 nitrogen and oxygen atoms in total. The number of hydrogen-bond donors (Lipinski definition) is 0. The largest absolute Gasteiger partial charge is 0.327 e. The van der Waals surface area contributed by atoms with Gasteiger partial charge >= 0.3 is 0 Å². The summed E-state index contributed by atoms with van der Waals surface area (Å²) in [6, 6.07) is 33.8. The molecule has 5 aromatic rings. The van der Waals surface area contributed by atoms with Gasteiger partial charge in [0.05, 0.1) is 11.0 Å². The van der Waals surface area contributed by atoms with Crippen molar-refractivity contribution in [3.63, 3.8) is 0 Å². The molecule has 6 rings (SSSR count). The van der Waals surface area contributed by atoms with Crippen LogP contribution < -0.4 is 0 Å². The van der Waals surface area contributed by atoms with Gasteiger partial charge in [-0.15, -0.1) is 0 Å². The van der Waals surface area contributed by atoms with Crippen molar-refractivity contribution in [2.75, 3.05) is 0 Å². The number of benzene rings is 4. The molecule has 0 N–H and O–H groups in total. The number of hydrogen-bond acceptors (Lipinski definition) is 1. The van der Waals surface area contributed by atoms with E-state index in [1.165, 1.54) is 46.4 Å². The first-order valence-electron chi connectivity index (χ1n) is 12.2. The molecule has 1 saturated carbocycles. The van der Waals surface area contributed by atoms with E-state index in [1.54, 1.807) is 0 Å². The van der Waals surface area contributed by atoms with Crippen LogP contribution in [0.3, 0.4) is 0 Å². The first kappa shape index (κ1) is 22.4. The van der Waals surface area contributed by atoms with Gasteiger partial charge in [0.1, 0.15) is 5.82 Å². The van der Waals surface area contributed by atoms with Crippen LogP contribution in [0.4, 0.5) is 0 Å². The normalized spacial score (nSPS) is 13.6. The minimum Gasteiger partial charge on any atom is -0.327 e. The minimum absolute atomic E-state index is 0.0794. The second kappa shape index (κ2) is 9.53. The van der Waals surface area contributed by atoms with Gasteiger partial charge in [-0.25, -0.2) is 4.98 Å². The van der Waals surface area contributed by atoms with Crippen LogP contribution in [0, 0.1) is 0 Å². The molecule has 0 spiro atoms. The van der Waals surface area contributed by atoms with Crippen molar-refractivity contribution in [2.45, 2.75) is 37.6 Å². The van der Waals surface area contributed by atoms with E-state index >= 15 is 0 Å². The van der Waals surface area contributed by atoms with Gasteiger partial charge in [0.25, 0.3) is 0 Å². The summed E-state index contributed by atoms with van der Waals surface area (Å²) in [4.78, 5) is 5.08. The molecule has 0 unspecified atom stereocenters. The van der Waals surface area contributed by atoms with Crippen LogP contribution in [-0.2, 0) is 13.0 Å². The van der Waals surface area contributed by atoms with Crippen molar-refractivity contribution >= 4 is 34.2 Å². The Hall–Kier alpha value is -3.07. The first-order valence-corrected chi connectivity index (χ1v) is 13.0. The summed E-state index contributed by atoms with van der Waals surface area (Å²) < 4.78 is 2.46. The van der Waals surface area contributed by atoms with E-state index in [4.69, 9.17) is 28.2 Å². The van der Waals surface area contributed by atoms with E-state index in [2.05, 4.69) is 77.4 Å². The fourth-order valence-corrected chi connectivity index (χ4v) is 5.25. The van der Waals surface area contributed by atoms with Gasteiger partial charge in [-0.2, -0.15) is 0 Å². The monoisotopic (exact) mass is 496 g/mol. The molecular formula is C31H26Cl2N2. The number of aromatic nitrogens is 2. The van der Waals surface area contributed by atoms with Crippen LogP contribution in [0.1, 0.15) is 52.8 Å². The molecular weight excluding hydrogens is 471 g/mol. The molecule has 0 amide bonds. The third kappa shape index (κ3) is 4.74. The topological polar surface area (TPSA) is 17.8 Å². The molecule has 0 bridgehead atoms. The number of fused-ring (bicyclic) bond motifs is 1. The Morgan fingerprint density at radius 2 is 1.34 bits per heavy atom. The number of rotatable bonds is 7. The fraction of sp³-hybridized carbons (Fsp3) is 0.194. The zero-order chi connectivity index (χ0) is 23.8. The summed E-state index contributed by atoms with van der Waals surface area (Å²) >= 11 is 12.4. The predicted octanol–water partition coefficient (Wildman–Crippen LogP) is 8.64. The first-order chi connectivity index (χ1) is 17.2. The van der Waals surface area contributed by atoms with Gasteiger partial charge in [0.15, 0.2) is 0 Å². The molecule has 35 heavy (non-hydrogen) atoms. The summed E-state index contributed by atoms with van der Waals surface area (Å²) in [6.07, 6.45) is 3.47. The maximum absolute atomic E-state index is 6.22. The number of imidazole rings is 1. The maximum Gasteiger partial charge on any atom is 0.113 e. The van der Waals surface area contributed by atoms with Crippen LogP contribution in [0.2, 0.25) is 10.0 Å². The number of nitrogens with zero attached hydrogens (tertiary/aromatic N) is 2. The highest BCUT2D eigenvalue weighted by atomic mass is 35.5. The lowest BCUT2D eigenvalue weighted by molar-refractivity contribution is 0.670. The van der Waals surface area contributed by atoms with Gasteiger partial charge in [-0.05, 0) is 77.9 Å². The van der Waals surface area contributed by atoms with E-state index in [9.17, 15) is 0 Å². The summed E-state index contributed by atoms with van der Waals surface area (Å²) in [6.45, 7) is 0.933. The number of halogens is 2. The van der Waals surface area contributed by atoms with Crippen molar-refractivity contribution in [3.8, 4) is 0 Å². The Balaban J connectivity index is 1.45. The van der Waals surface area contributed by atoms with Crippen molar-refractivity contribution in [2.24, 2.45) is 0 Å². The molecule has 1 aliphatic rings. The van der Waals surface area contributed by atoms with Gasteiger partial charge in [0, 0.05) is 28.4 Å². The van der Waals surface area contributed by atoms with Crippen molar-refractivity contribution < 1.29 is 0 Å². The third-order valence-corrected chi connectivity index (χ3v) is 7.46. The fourth-order valence-electron chi connectivity index (χ4n) is 5.00. The molecule has 1 aromatic heterocycles. The molecule has 1 aliphatic carbocycles. The standard InChI is InChI=1S/C31H26Cl2N2/c32-26-13-8-22(9-14-26)30(23-10-15-27(33)16-11-23)25-12-17-28-29(20-25)35(31(34-28)24-6-7-24)19-18-21-4-2-1-3-5-21/h1-5,8-17,20,24,30H,6-7,18-19H2. The Morgan fingerprint density at radius 1 is 0.743 bits per heavy atom. The molecule has 4 aromatic carbocycles. The van der Waals surface area contributed by atoms with Crippen molar-refractivity contribution in [3.05, 3.63) is 135 Å². The van der Waals surface area contributed by atoms with Gasteiger partial charge in [0.2, 0.25) is 0 Å². The van der Waals surface area contributed by atoms with Crippen LogP contribution >= 0.6 is 23.2 Å². The van der Waals surface area contributed by atoms with Gasteiger partial charge in [-0.1, -0.05) is 83.9 Å². The lowest BCUT2D eigenvalue weighted by Gasteiger charge is -2.20. The Kier molecular flexibility index (Phi) is 6.10. The summed E-state index contributed by atoms with van der Waals surface area (Å²) in [5.41, 5.74) is 7.29. The number of aryl methyl sites for hydroxylation is 2. The third-order valence-electron chi connectivity index (χ3n) is 6.95. The van der Waals surface area contributed by atoms with E-state index in [-0.39, 0.29) is 5.92 Å². The highest BCUT2D eigenvalue weighted by molar-refractivity contribution is 6.30. The highest BCUT2D eigenvalue weighted by Gasteiger charge is 2.30. The minimum atomic E-state index is 0.0794. The van der Waals surface area contributed by atoms with Crippen molar-refractivity contribution in [1.29, 1.82) is 0 Å². The molecule has 1 fully saturated rings. The lowest BCUT2D eigenvalue weighted by atomic mass is 9.85.